The zero-order valence-corrected chi connectivity index (χ0v) is 17.3. The lowest BCUT2D eigenvalue weighted by atomic mass is 10.1. The lowest BCUT2D eigenvalue weighted by Crippen LogP contribution is -2.13. The molecule has 0 bridgehead atoms. The molecule has 1 aliphatic carbocycles. The maximum absolute atomic E-state index is 13.0. The normalized spacial score (nSPS) is 12.7. The average molecular weight is 412 g/mol. The van der Waals surface area contributed by atoms with E-state index in [9.17, 15) is 4.79 Å². The minimum atomic E-state index is -0.122. The third kappa shape index (κ3) is 3.81. The van der Waals surface area contributed by atoms with Crippen molar-refractivity contribution in [3.8, 4) is 0 Å². The van der Waals surface area contributed by atoms with Gasteiger partial charge in [-0.3, -0.25) is 9.78 Å². The van der Waals surface area contributed by atoms with Crippen molar-refractivity contribution in [2.75, 3.05) is 5.32 Å². The SMILES string of the molecule is O=C(Nc1ccc2c(c1)CCC2)c1cccnc1SCc1ccnc2ccccc12. The van der Waals surface area contributed by atoms with Crippen molar-refractivity contribution in [1.82, 2.24) is 9.97 Å². The summed E-state index contributed by atoms with van der Waals surface area (Å²) in [5.41, 5.74) is 6.35. The quantitative estimate of drug-likeness (QED) is 0.430. The van der Waals surface area contributed by atoms with Crippen molar-refractivity contribution in [1.29, 1.82) is 0 Å². The second kappa shape index (κ2) is 8.28. The minimum absolute atomic E-state index is 0.122. The number of anilines is 1. The first-order valence-corrected chi connectivity index (χ1v) is 11.1. The first kappa shape index (κ1) is 18.8. The van der Waals surface area contributed by atoms with E-state index in [4.69, 9.17) is 0 Å². The van der Waals surface area contributed by atoms with Crippen molar-refractivity contribution >= 4 is 34.3 Å². The number of pyridine rings is 2. The molecule has 2 aromatic heterocycles. The molecule has 1 amide bonds. The molecule has 0 atom stereocenters. The van der Waals surface area contributed by atoms with Crippen LogP contribution in [0.1, 0.15) is 33.5 Å². The van der Waals surface area contributed by atoms with Crippen LogP contribution < -0.4 is 5.32 Å². The topological polar surface area (TPSA) is 54.9 Å². The van der Waals surface area contributed by atoms with Gasteiger partial charge in [-0.05, 0) is 72.4 Å². The van der Waals surface area contributed by atoms with Gasteiger partial charge in [0.05, 0.1) is 11.1 Å². The van der Waals surface area contributed by atoms with Gasteiger partial charge in [-0.25, -0.2) is 4.98 Å². The number of hydrogen-bond acceptors (Lipinski definition) is 4. The molecule has 0 saturated heterocycles. The number of rotatable bonds is 5. The third-order valence-electron chi connectivity index (χ3n) is 5.48. The van der Waals surface area contributed by atoms with Crippen LogP contribution in [0.3, 0.4) is 0 Å². The molecule has 148 valence electrons. The molecule has 0 spiro atoms. The van der Waals surface area contributed by atoms with Crippen LogP contribution in [0, 0.1) is 0 Å². The van der Waals surface area contributed by atoms with Crippen LogP contribution in [0.4, 0.5) is 5.69 Å². The van der Waals surface area contributed by atoms with Crippen LogP contribution in [0.5, 0.6) is 0 Å². The Balaban J connectivity index is 1.35. The number of nitrogens with one attached hydrogen (secondary N) is 1. The number of carbonyl (C=O) groups excluding carboxylic acids is 1. The first-order valence-electron chi connectivity index (χ1n) is 10.1. The zero-order chi connectivity index (χ0) is 20.3. The molecule has 0 saturated carbocycles. The predicted molar refractivity (Wildman–Crippen MR) is 122 cm³/mol. The lowest BCUT2D eigenvalue weighted by Gasteiger charge is -2.11. The molecule has 0 aliphatic heterocycles. The number of aromatic nitrogens is 2. The molecule has 30 heavy (non-hydrogen) atoms. The van der Waals surface area contributed by atoms with E-state index in [1.54, 1.807) is 18.0 Å². The zero-order valence-electron chi connectivity index (χ0n) is 16.5. The second-order valence-electron chi connectivity index (χ2n) is 7.42. The van der Waals surface area contributed by atoms with Gasteiger partial charge in [0.25, 0.3) is 5.91 Å². The summed E-state index contributed by atoms with van der Waals surface area (Å²) in [6, 6.07) is 20.0. The fourth-order valence-electron chi connectivity index (χ4n) is 3.95. The Morgan fingerprint density at radius 1 is 0.933 bits per heavy atom. The van der Waals surface area contributed by atoms with Gasteiger partial charge >= 0.3 is 0 Å². The first-order chi connectivity index (χ1) is 14.8. The highest BCUT2D eigenvalue weighted by Gasteiger charge is 2.16. The van der Waals surface area contributed by atoms with Gasteiger partial charge in [-0.1, -0.05) is 24.3 Å². The number of benzene rings is 2. The smallest absolute Gasteiger partial charge is 0.258 e. The number of fused-ring (bicyclic) bond motifs is 2. The van der Waals surface area contributed by atoms with Gasteiger partial charge in [-0.2, -0.15) is 0 Å². The highest BCUT2D eigenvalue weighted by Crippen LogP contribution is 2.29. The fourth-order valence-corrected chi connectivity index (χ4v) is 4.95. The summed E-state index contributed by atoms with van der Waals surface area (Å²) < 4.78 is 0. The van der Waals surface area contributed by atoms with E-state index in [0.717, 1.165) is 40.2 Å². The number of nitrogens with zero attached hydrogens (tertiary/aromatic N) is 2. The molecule has 5 heteroatoms. The summed E-state index contributed by atoms with van der Waals surface area (Å²) in [6.07, 6.45) is 6.99. The van der Waals surface area contributed by atoms with Crippen molar-refractivity contribution in [2.24, 2.45) is 0 Å². The summed E-state index contributed by atoms with van der Waals surface area (Å²) in [4.78, 5) is 21.9. The molecule has 1 aliphatic rings. The van der Waals surface area contributed by atoms with E-state index in [1.807, 2.05) is 48.7 Å². The van der Waals surface area contributed by atoms with E-state index in [-0.39, 0.29) is 5.91 Å². The van der Waals surface area contributed by atoms with Gasteiger partial charge in [0.2, 0.25) is 0 Å². The third-order valence-corrected chi connectivity index (χ3v) is 6.53. The Labute approximate surface area is 179 Å². The summed E-state index contributed by atoms with van der Waals surface area (Å²) in [5, 5.41) is 4.92. The monoisotopic (exact) mass is 411 g/mol. The van der Waals surface area contributed by atoms with Crippen LogP contribution in [-0.2, 0) is 18.6 Å². The van der Waals surface area contributed by atoms with Crippen molar-refractivity contribution in [2.45, 2.75) is 30.0 Å². The Hall–Kier alpha value is -3.18. The number of aryl methyl sites for hydroxylation is 2. The van der Waals surface area contributed by atoms with Gasteiger partial charge in [0.15, 0.2) is 0 Å². The maximum atomic E-state index is 13.0. The van der Waals surface area contributed by atoms with Crippen LogP contribution >= 0.6 is 11.8 Å². The number of para-hydroxylation sites is 1. The van der Waals surface area contributed by atoms with E-state index >= 15 is 0 Å². The summed E-state index contributed by atoms with van der Waals surface area (Å²) in [7, 11) is 0. The van der Waals surface area contributed by atoms with Crippen molar-refractivity contribution < 1.29 is 4.79 Å². The molecule has 0 unspecified atom stereocenters. The number of carbonyl (C=O) groups is 1. The second-order valence-corrected chi connectivity index (χ2v) is 8.39. The summed E-state index contributed by atoms with van der Waals surface area (Å²) in [6.45, 7) is 0. The Bertz CT molecular complexity index is 1230. The van der Waals surface area contributed by atoms with Crippen LogP contribution in [0.15, 0.2) is 78.1 Å². The van der Waals surface area contributed by atoms with Crippen molar-refractivity contribution in [3.05, 3.63) is 95.3 Å². The van der Waals surface area contributed by atoms with Gasteiger partial charge in [0, 0.05) is 29.2 Å². The largest absolute Gasteiger partial charge is 0.322 e. The van der Waals surface area contributed by atoms with E-state index in [2.05, 4.69) is 33.5 Å². The number of thioether (sulfide) groups is 1. The molecule has 0 fully saturated rings. The highest BCUT2D eigenvalue weighted by molar-refractivity contribution is 7.98. The molecule has 2 aromatic carbocycles. The van der Waals surface area contributed by atoms with Crippen LogP contribution in [-0.4, -0.2) is 15.9 Å². The molecule has 2 heterocycles. The Kier molecular flexibility index (Phi) is 5.20. The van der Waals surface area contributed by atoms with Crippen LogP contribution in [0.25, 0.3) is 10.9 Å². The van der Waals surface area contributed by atoms with Gasteiger partial charge in [0.1, 0.15) is 5.03 Å². The van der Waals surface area contributed by atoms with Crippen LogP contribution in [0.2, 0.25) is 0 Å². The highest BCUT2D eigenvalue weighted by atomic mass is 32.2. The Morgan fingerprint density at radius 2 is 1.83 bits per heavy atom. The molecule has 1 N–H and O–H groups in total. The Morgan fingerprint density at radius 3 is 2.80 bits per heavy atom. The molecule has 5 rings (SSSR count). The maximum Gasteiger partial charge on any atom is 0.258 e. The van der Waals surface area contributed by atoms with Crippen molar-refractivity contribution in [3.63, 3.8) is 0 Å². The molecular formula is C25H21N3OS. The fraction of sp³-hybridized carbons (Fsp3) is 0.160. The minimum Gasteiger partial charge on any atom is -0.322 e. The van der Waals surface area contributed by atoms with E-state index < -0.39 is 0 Å². The van der Waals surface area contributed by atoms with E-state index in [0.29, 0.717) is 5.56 Å². The molecule has 0 radical (unpaired) electrons. The molecule has 4 nitrogen and oxygen atoms in total. The number of hydrogen-bond donors (Lipinski definition) is 1. The standard InChI is InChI=1S/C25H21N3OS/c29-24(28-20-11-10-17-5-3-6-18(17)15-20)22-8-4-13-27-25(22)30-16-19-12-14-26-23-9-2-1-7-21(19)23/h1-2,4,7-15H,3,5-6,16H2,(H,28,29). The molecule has 4 aromatic rings. The predicted octanol–water partition coefficient (Wildman–Crippen LogP) is 5.66. The summed E-state index contributed by atoms with van der Waals surface area (Å²) in [5.74, 6) is 0.599. The number of amides is 1. The van der Waals surface area contributed by atoms with Gasteiger partial charge in [-0.15, -0.1) is 11.8 Å². The summed E-state index contributed by atoms with van der Waals surface area (Å²) >= 11 is 1.57. The molecular weight excluding hydrogens is 390 g/mol. The van der Waals surface area contributed by atoms with E-state index in [1.165, 1.54) is 23.1 Å². The lowest BCUT2D eigenvalue weighted by molar-refractivity contribution is 0.102. The van der Waals surface area contributed by atoms with Gasteiger partial charge < -0.3 is 5.32 Å². The average Bonchev–Trinajstić information content (AvgIpc) is 3.26.